The van der Waals surface area contributed by atoms with E-state index in [1.165, 1.54) is 7.11 Å². The van der Waals surface area contributed by atoms with E-state index in [1.54, 1.807) is 18.2 Å². The van der Waals surface area contributed by atoms with Gasteiger partial charge in [-0.2, -0.15) is 0 Å². The van der Waals surface area contributed by atoms with E-state index in [-0.39, 0.29) is 6.61 Å². The molecular weight excluding hydrogens is 266 g/mol. The highest BCUT2D eigenvalue weighted by Crippen LogP contribution is 2.20. The van der Waals surface area contributed by atoms with Gasteiger partial charge in [-0.05, 0) is 42.7 Å². The minimum Gasteiger partial charge on any atom is -0.497 e. The standard InChI is InChI=1S/C17H19NO3/c1-11-5-4-6-12(2)16(11)10-21-17(19)13-7-14(18)9-15(8-13)20-3/h4-9H,10,18H2,1-3H3. The maximum atomic E-state index is 12.1. The van der Waals surface area contributed by atoms with Crippen LogP contribution in [0.1, 0.15) is 27.0 Å². The van der Waals surface area contributed by atoms with Crippen molar-refractivity contribution in [3.05, 3.63) is 58.7 Å². The third-order valence-corrected chi connectivity index (χ3v) is 3.39. The van der Waals surface area contributed by atoms with Crippen molar-refractivity contribution in [3.8, 4) is 5.75 Å². The van der Waals surface area contributed by atoms with E-state index >= 15 is 0 Å². The first-order valence-corrected chi connectivity index (χ1v) is 6.68. The molecule has 0 amide bonds. The summed E-state index contributed by atoms with van der Waals surface area (Å²) in [5.41, 5.74) is 9.83. The Morgan fingerprint density at radius 2 is 1.81 bits per heavy atom. The Morgan fingerprint density at radius 3 is 2.43 bits per heavy atom. The van der Waals surface area contributed by atoms with Crippen LogP contribution in [0.25, 0.3) is 0 Å². The summed E-state index contributed by atoms with van der Waals surface area (Å²) in [6, 6.07) is 10.8. The minimum absolute atomic E-state index is 0.244. The monoisotopic (exact) mass is 285 g/mol. The number of methoxy groups -OCH3 is 1. The van der Waals surface area contributed by atoms with Crippen molar-refractivity contribution in [2.24, 2.45) is 0 Å². The fraction of sp³-hybridized carbons (Fsp3) is 0.235. The third kappa shape index (κ3) is 3.54. The molecule has 0 unspecified atom stereocenters. The molecule has 0 heterocycles. The topological polar surface area (TPSA) is 61.5 Å². The summed E-state index contributed by atoms with van der Waals surface area (Å²) in [4.78, 5) is 12.1. The number of ether oxygens (including phenoxy) is 2. The van der Waals surface area contributed by atoms with E-state index in [4.69, 9.17) is 15.2 Å². The van der Waals surface area contributed by atoms with Crippen LogP contribution < -0.4 is 10.5 Å². The smallest absolute Gasteiger partial charge is 0.338 e. The van der Waals surface area contributed by atoms with E-state index in [1.807, 2.05) is 32.0 Å². The molecule has 21 heavy (non-hydrogen) atoms. The normalized spacial score (nSPS) is 10.2. The fourth-order valence-electron chi connectivity index (χ4n) is 2.16. The molecule has 110 valence electrons. The number of nitrogen functional groups attached to an aromatic ring is 1. The molecule has 2 aromatic rings. The number of nitrogens with two attached hydrogens (primary N) is 1. The number of carbonyl (C=O) groups excluding carboxylic acids is 1. The van der Waals surface area contributed by atoms with Crippen LogP contribution in [0.4, 0.5) is 5.69 Å². The van der Waals surface area contributed by atoms with Crippen LogP contribution in [0, 0.1) is 13.8 Å². The van der Waals surface area contributed by atoms with Crippen LogP contribution in [-0.4, -0.2) is 13.1 Å². The summed E-state index contributed by atoms with van der Waals surface area (Å²) in [6.45, 7) is 4.24. The molecule has 0 aromatic heterocycles. The largest absolute Gasteiger partial charge is 0.497 e. The maximum absolute atomic E-state index is 12.1. The number of esters is 1. The first kappa shape index (κ1) is 14.9. The Bertz CT molecular complexity index is 645. The minimum atomic E-state index is -0.414. The zero-order chi connectivity index (χ0) is 15.4. The molecule has 0 fully saturated rings. The van der Waals surface area contributed by atoms with Crippen LogP contribution in [0.5, 0.6) is 5.75 Å². The molecule has 0 saturated heterocycles. The number of hydrogen-bond acceptors (Lipinski definition) is 4. The van der Waals surface area contributed by atoms with Crippen LogP contribution in [-0.2, 0) is 11.3 Å². The van der Waals surface area contributed by atoms with Gasteiger partial charge in [0.1, 0.15) is 12.4 Å². The van der Waals surface area contributed by atoms with Crippen LogP contribution in [0.3, 0.4) is 0 Å². The molecule has 2 N–H and O–H groups in total. The highest BCUT2D eigenvalue weighted by molar-refractivity contribution is 5.91. The molecule has 0 bridgehead atoms. The summed E-state index contributed by atoms with van der Waals surface area (Å²) in [6.07, 6.45) is 0. The van der Waals surface area contributed by atoms with Crippen molar-refractivity contribution >= 4 is 11.7 Å². The van der Waals surface area contributed by atoms with E-state index in [0.717, 1.165) is 16.7 Å². The molecule has 4 nitrogen and oxygen atoms in total. The van der Waals surface area contributed by atoms with Gasteiger partial charge in [-0.25, -0.2) is 4.79 Å². The summed E-state index contributed by atoms with van der Waals surface area (Å²) in [5, 5.41) is 0. The van der Waals surface area contributed by atoms with Gasteiger partial charge >= 0.3 is 5.97 Å². The molecular formula is C17H19NO3. The second-order valence-corrected chi connectivity index (χ2v) is 4.94. The fourth-order valence-corrected chi connectivity index (χ4v) is 2.16. The Morgan fingerprint density at radius 1 is 1.14 bits per heavy atom. The first-order chi connectivity index (χ1) is 10.0. The lowest BCUT2D eigenvalue weighted by molar-refractivity contribution is 0.0471. The number of carbonyl (C=O) groups is 1. The molecule has 2 aromatic carbocycles. The summed E-state index contributed by atoms with van der Waals surface area (Å²) in [7, 11) is 1.53. The van der Waals surface area contributed by atoms with Gasteiger partial charge in [0.2, 0.25) is 0 Å². The third-order valence-electron chi connectivity index (χ3n) is 3.39. The molecule has 0 saturated carbocycles. The Labute approximate surface area is 124 Å². The number of benzene rings is 2. The second kappa shape index (κ2) is 6.31. The molecule has 0 radical (unpaired) electrons. The highest BCUT2D eigenvalue weighted by atomic mass is 16.5. The highest BCUT2D eigenvalue weighted by Gasteiger charge is 2.11. The predicted molar refractivity (Wildman–Crippen MR) is 82.4 cm³/mol. The van der Waals surface area contributed by atoms with Crippen LogP contribution in [0.2, 0.25) is 0 Å². The van der Waals surface area contributed by atoms with Gasteiger partial charge in [0, 0.05) is 11.8 Å². The Kier molecular flexibility index (Phi) is 4.48. The SMILES string of the molecule is COc1cc(N)cc(C(=O)OCc2c(C)cccc2C)c1. The number of aryl methyl sites for hydroxylation is 2. The lowest BCUT2D eigenvalue weighted by atomic mass is 10.0. The first-order valence-electron chi connectivity index (χ1n) is 6.68. The molecule has 2 rings (SSSR count). The van der Waals surface area contributed by atoms with Crippen LogP contribution >= 0.6 is 0 Å². The van der Waals surface area contributed by atoms with Crippen molar-refractivity contribution in [2.75, 3.05) is 12.8 Å². The molecule has 0 atom stereocenters. The Balaban J connectivity index is 2.14. The van der Waals surface area contributed by atoms with Crippen molar-refractivity contribution in [1.29, 1.82) is 0 Å². The quantitative estimate of drug-likeness (QED) is 0.692. The molecule has 0 spiro atoms. The van der Waals surface area contributed by atoms with Gasteiger partial charge in [0.25, 0.3) is 0 Å². The van der Waals surface area contributed by atoms with Crippen molar-refractivity contribution < 1.29 is 14.3 Å². The zero-order valence-corrected chi connectivity index (χ0v) is 12.5. The second-order valence-electron chi connectivity index (χ2n) is 4.94. The van der Waals surface area contributed by atoms with Gasteiger partial charge in [0.15, 0.2) is 0 Å². The van der Waals surface area contributed by atoms with Gasteiger partial charge in [-0.15, -0.1) is 0 Å². The van der Waals surface area contributed by atoms with Crippen molar-refractivity contribution in [3.63, 3.8) is 0 Å². The van der Waals surface area contributed by atoms with Crippen molar-refractivity contribution in [1.82, 2.24) is 0 Å². The molecule has 0 aliphatic heterocycles. The number of anilines is 1. The number of hydrogen-bond donors (Lipinski definition) is 1. The van der Waals surface area contributed by atoms with Gasteiger partial charge in [0.05, 0.1) is 12.7 Å². The number of rotatable bonds is 4. The van der Waals surface area contributed by atoms with E-state index in [9.17, 15) is 4.79 Å². The Hall–Kier alpha value is -2.49. The maximum Gasteiger partial charge on any atom is 0.338 e. The van der Waals surface area contributed by atoms with E-state index < -0.39 is 5.97 Å². The summed E-state index contributed by atoms with van der Waals surface area (Å²) < 4.78 is 10.5. The summed E-state index contributed by atoms with van der Waals surface area (Å²) >= 11 is 0. The average molecular weight is 285 g/mol. The molecule has 0 aliphatic rings. The zero-order valence-electron chi connectivity index (χ0n) is 12.5. The lowest BCUT2D eigenvalue weighted by Gasteiger charge is -2.11. The van der Waals surface area contributed by atoms with Gasteiger partial charge < -0.3 is 15.2 Å². The van der Waals surface area contributed by atoms with Gasteiger partial charge in [-0.3, -0.25) is 0 Å². The van der Waals surface area contributed by atoms with Gasteiger partial charge in [-0.1, -0.05) is 18.2 Å². The van der Waals surface area contributed by atoms with Crippen LogP contribution in [0.15, 0.2) is 36.4 Å². The van der Waals surface area contributed by atoms with Crippen molar-refractivity contribution in [2.45, 2.75) is 20.5 Å². The molecule has 4 heteroatoms. The predicted octanol–water partition coefficient (Wildman–Crippen LogP) is 3.25. The summed E-state index contributed by atoms with van der Waals surface area (Å²) in [5.74, 6) is 0.122. The average Bonchev–Trinajstić information content (AvgIpc) is 2.45. The van der Waals surface area contributed by atoms with E-state index in [2.05, 4.69) is 0 Å². The lowest BCUT2D eigenvalue weighted by Crippen LogP contribution is -2.08. The van der Waals surface area contributed by atoms with E-state index in [0.29, 0.717) is 17.0 Å². The molecule has 0 aliphatic carbocycles.